The lowest BCUT2D eigenvalue weighted by atomic mass is 10.2. The van der Waals surface area contributed by atoms with Gasteiger partial charge in [-0.25, -0.2) is 13.8 Å². The molecule has 1 saturated heterocycles. The van der Waals surface area contributed by atoms with E-state index in [4.69, 9.17) is 0 Å². The van der Waals surface area contributed by atoms with Gasteiger partial charge in [-0.3, -0.25) is 14.2 Å². The number of halogens is 2. The molecule has 10 nitrogen and oxygen atoms in total. The lowest BCUT2D eigenvalue weighted by molar-refractivity contribution is -0.111. The number of rotatable bonds is 6. The quantitative estimate of drug-likeness (QED) is 0.375. The summed E-state index contributed by atoms with van der Waals surface area (Å²) in [5.74, 6) is -1.42. The fourth-order valence-electron chi connectivity index (χ4n) is 4.19. The summed E-state index contributed by atoms with van der Waals surface area (Å²) in [5, 5.41) is 5.56. The van der Waals surface area contributed by atoms with Gasteiger partial charge >= 0.3 is 0 Å². The van der Waals surface area contributed by atoms with Gasteiger partial charge in [0, 0.05) is 43.8 Å². The van der Waals surface area contributed by atoms with Crippen LogP contribution in [-0.4, -0.2) is 63.6 Å². The number of carbonyl (C=O) groups excluding carboxylic acids is 1. The number of carbonyl (C=O) groups is 1. The van der Waals surface area contributed by atoms with Crippen LogP contribution in [0.1, 0.15) is 0 Å². The molecule has 1 aliphatic rings. The summed E-state index contributed by atoms with van der Waals surface area (Å²) in [6.07, 6.45) is 3.57. The molecule has 12 heteroatoms. The second-order valence-corrected chi connectivity index (χ2v) is 8.82. The third-order valence-electron chi connectivity index (χ3n) is 6.18. The summed E-state index contributed by atoms with van der Waals surface area (Å²) in [5.41, 5.74) is 0.955. The van der Waals surface area contributed by atoms with Gasteiger partial charge in [0.05, 0.1) is 11.4 Å². The maximum atomic E-state index is 15.0. The average Bonchev–Trinajstić information content (AvgIpc) is 2.89. The Labute approximate surface area is 216 Å². The molecule has 0 radical (unpaired) electrons. The zero-order valence-electron chi connectivity index (χ0n) is 20.5. The molecule has 1 fully saturated rings. The molecule has 0 aliphatic carbocycles. The highest BCUT2D eigenvalue weighted by Crippen LogP contribution is 2.26. The lowest BCUT2D eigenvalue weighted by Crippen LogP contribution is -2.44. The molecule has 5 rings (SSSR count). The van der Waals surface area contributed by atoms with E-state index in [0.717, 1.165) is 38.3 Å². The number of amides is 1. The van der Waals surface area contributed by atoms with Crippen molar-refractivity contribution >= 4 is 40.0 Å². The van der Waals surface area contributed by atoms with E-state index in [-0.39, 0.29) is 34.2 Å². The third kappa shape index (κ3) is 5.20. The lowest BCUT2D eigenvalue weighted by Gasteiger charge is -2.34. The van der Waals surface area contributed by atoms with E-state index in [0.29, 0.717) is 11.4 Å². The molecule has 4 aromatic rings. The van der Waals surface area contributed by atoms with Crippen molar-refractivity contribution in [1.29, 1.82) is 0 Å². The molecule has 0 spiro atoms. The Kier molecular flexibility index (Phi) is 6.79. The molecule has 1 aliphatic heterocycles. The number of hydrogen-bond donors (Lipinski definition) is 2. The van der Waals surface area contributed by atoms with Gasteiger partial charge in [-0.15, -0.1) is 0 Å². The molecule has 194 valence electrons. The van der Waals surface area contributed by atoms with Crippen LogP contribution in [0.4, 0.5) is 31.8 Å². The van der Waals surface area contributed by atoms with Crippen molar-refractivity contribution in [1.82, 2.24) is 24.4 Å². The van der Waals surface area contributed by atoms with Crippen LogP contribution in [0.2, 0.25) is 0 Å². The number of aromatic nitrogens is 4. The zero-order valence-corrected chi connectivity index (χ0v) is 20.5. The number of nitrogens with zero attached hydrogens (tertiary/aromatic N) is 6. The molecule has 0 saturated carbocycles. The Morgan fingerprint density at radius 2 is 1.84 bits per heavy atom. The predicted molar refractivity (Wildman–Crippen MR) is 141 cm³/mol. The van der Waals surface area contributed by atoms with Crippen LogP contribution in [0.15, 0.2) is 66.4 Å². The Bertz CT molecular complexity index is 1600. The SMILES string of the molecule is C=CC(=O)Nc1cc(F)cc(-n2cnc(=O)c3cnc(Nc4ccc(N5CCN(C)CC5)c(F)c4)nc32)c1. The van der Waals surface area contributed by atoms with Gasteiger partial charge in [-0.1, -0.05) is 6.58 Å². The second-order valence-electron chi connectivity index (χ2n) is 8.82. The van der Waals surface area contributed by atoms with E-state index in [9.17, 15) is 18.4 Å². The first-order valence-corrected chi connectivity index (χ1v) is 11.8. The first kappa shape index (κ1) is 25.0. The summed E-state index contributed by atoms with van der Waals surface area (Å²) >= 11 is 0. The first-order valence-electron chi connectivity index (χ1n) is 11.8. The zero-order chi connectivity index (χ0) is 26.8. The van der Waals surface area contributed by atoms with Crippen LogP contribution in [-0.2, 0) is 4.79 Å². The number of fused-ring (bicyclic) bond motifs is 1. The fraction of sp³-hybridized carbons (Fsp3) is 0.192. The van der Waals surface area contributed by atoms with Gasteiger partial charge in [0.25, 0.3) is 5.56 Å². The number of benzene rings is 2. The van der Waals surface area contributed by atoms with E-state index in [1.54, 1.807) is 12.1 Å². The predicted octanol–water partition coefficient (Wildman–Crippen LogP) is 3.07. The summed E-state index contributed by atoms with van der Waals surface area (Å²) < 4.78 is 30.7. The summed E-state index contributed by atoms with van der Waals surface area (Å²) in [7, 11) is 2.04. The van der Waals surface area contributed by atoms with Crippen LogP contribution in [0.3, 0.4) is 0 Å². The maximum absolute atomic E-state index is 15.0. The van der Waals surface area contributed by atoms with E-state index >= 15 is 0 Å². The van der Waals surface area contributed by atoms with Crippen LogP contribution in [0.5, 0.6) is 0 Å². The van der Waals surface area contributed by atoms with Crippen LogP contribution >= 0.6 is 0 Å². The highest BCUT2D eigenvalue weighted by molar-refractivity contribution is 5.99. The van der Waals surface area contributed by atoms with Crippen LogP contribution in [0.25, 0.3) is 16.7 Å². The Morgan fingerprint density at radius 1 is 1.05 bits per heavy atom. The Balaban J connectivity index is 1.48. The molecule has 2 aromatic heterocycles. The average molecular weight is 519 g/mol. The minimum Gasteiger partial charge on any atom is -0.367 e. The van der Waals surface area contributed by atoms with E-state index in [2.05, 4.69) is 37.1 Å². The minimum atomic E-state index is -0.628. The first-order chi connectivity index (χ1) is 18.3. The summed E-state index contributed by atoms with van der Waals surface area (Å²) in [6, 6.07) is 8.64. The minimum absolute atomic E-state index is 0.0931. The highest BCUT2D eigenvalue weighted by atomic mass is 19.1. The molecule has 0 atom stereocenters. The van der Waals surface area contributed by atoms with Gasteiger partial charge in [-0.05, 0) is 49.5 Å². The largest absolute Gasteiger partial charge is 0.367 e. The van der Waals surface area contributed by atoms with Crippen molar-refractivity contribution in [3.63, 3.8) is 0 Å². The monoisotopic (exact) mass is 518 g/mol. The normalized spacial score (nSPS) is 13.9. The van der Waals surface area contributed by atoms with Crippen LogP contribution in [0, 0.1) is 11.6 Å². The second kappa shape index (κ2) is 10.3. The number of anilines is 4. The topological polar surface area (TPSA) is 108 Å². The molecule has 2 N–H and O–H groups in total. The van der Waals surface area contributed by atoms with E-state index in [1.165, 1.54) is 35.3 Å². The molecule has 1 amide bonds. The number of likely N-dealkylation sites (N-methyl/N-ethyl adjacent to an activating group) is 1. The smallest absolute Gasteiger partial charge is 0.283 e. The molecule has 0 bridgehead atoms. The van der Waals surface area contributed by atoms with Gasteiger partial charge in [0.1, 0.15) is 23.3 Å². The number of hydrogen-bond acceptors (Lipinski definition) is 8. The number of piperazine rings is 1. The number of nitrogens with one attached hydrogen (secondary N) is 2. The molecule has 0 unspecified atom stereocenters. The highest BCUT2D eigenvalue weighted by Gasteiger charge is 2.18. The van der Waals surface area contributed by atoms with E-state index in [1.807, 2.05) is 11.9 Å². The Hall–Kier alpha value is -4.71. The van der Waals surface area contributed by atoms with Crippen molar-refractivity contribution in [2.24, 2.45) is 0 Å². The van der Waals surface area contributed by atoms with Crippen molar-refractivity contribution in [2.75, 3.05) is 48.8 Å². The molecule has 38 heavy (non-hydrogen) atoms. The van der Waals surface area contributed by atoms with Crippen molar-refractivity contribution in [2.45, 2.75) is 0 Å². The molecular weight excluding hydrogens is 494 g/mol. The van der Waals surface area contributed by atoms with Gasteiger partial charge in [-0.2, -0.15) is 9.97 Å². The standard InChI is InChI=1S/C26H24F2N8O2/c1-3-23(37)31-18-10-16(27)11-19(12-18)36-15-30-25(38)20-14-29-26(33-24(20)36)32-17-4-5-22(21(28)13-17)35-8-6-34(2)7-9-35/h3-5,10-15H,1,6-9H2,2H3,(H,31,37)(H,29,32,33). The van der Waals surface area contributed by atoms with Gasteiger partial charge in [0.15, 0.2) is 5.65 Å². The van der Waals surface area contributed by atoms with Crippen LogP contribution < -0.4 is 21.1 Å². The fourth-order valence-corrected chi connectivity index (χ4v) is 4.19. The maximum Gasteiger partial charge on any atom is 0.283 e. The Morgan fingerprint density at radius 3 is 2.58 bits per heavy atom. The van der Waals surface area contributed by atoms with Gasteiger partial charge < -0.3 is 20.4 Å². The molecule has 3 heterocycles. The van der Waals surface area contributed by atoms with E-state index < -0.39 is 17.3 Å². The van der Waals surface area contributed by atoms with Crippen molar-refractivity contribution in [3.8, 4) is 5.69 Å². The van der Waals surface area contributed by atoms with Crippen molar-refractivity contribution in [3.05, 3.63) is 83.6 Å². The van der Waals surface area contributed by atoms with Gasteiger partial charge in [0.2, 0.25) is 11.9 Å². The van der Waals surface area contributed by atoms with Crippen molar-refractivity contribution < 1.29 is 13.6 Å². The molecular formula is C26H24F2N8O2. The third-order valence-corrected chi connectivity index (χ3v) is 6.18. The summed E-state index contributed by atoms with van der Waals surface area (Å²) in [6.45, 7) is 6.56. The molecule has 2 aromatic carbocycles. The summed E-state index contributed by atoms with van der Waals surface area (Å²) in [4.78, 5) is 40.7.